The van der Waals surface area contributed by atoms with Crippen LogP contribution in [0, 0.1) is 0 Å². The number of ether oxygens (including phenoxy) is 1. The van der Waals surface area contributed by atoms with Crippen LogP contribution in [0.3, 0.4) is 0 Å². The van der Waals surface area contributed by atoms with Gasteiger partial charge in [0.2, 0.25) is 11.8 Å². The van der Waals surface area contributed by atoms with Gasteiger partial charge < -0.3 is 15.8 Å². The second-order valence-electron chi connectivity index (χ2n) is 8.50. The van der Waals surface area contributed by atoms with Crippen molar-refractivity contribution in [1.29, 1.82) is 0 Å². The highest BCUT2D eigenvalue weighted by Crippen LogP contribution is 2.41. The summed E-state index contributed by atoms with van der Waals surface area (Å²) in [5.74, 6) is 0.369. The molecular formula is C24H28ClN3O3. The molecular weight excluding hydrogens is 414 g/mol. The van der Waals surface area contributed by atoms with E-state index in [1.807, 2.05) is 43.3 Å². The second kappa shape index (κ2) is 8.89. The van der Waals surface area contributed by atoms with Crippen LogP contribution in [0.4, 0.5) is 0 Å². The Balaban J connectivity index is 1.39. The minimum absolute atomic E-state index is 0.0440. The molecule has 2 aromatic rings. The Morgan fingerprint density at radius 1 is 1.23 bits per heavy atom. The predicted molar refractivity (Wildman–Crippen MR) is 120 cm³/mol. The Kier molecular flexibility index (Phi) is 6.21. The summed E-state index contributed by atoms with van der Waals surface area (Å²) >= 11 is 6.06. The highest BCUT2D eigenvalue weighted by molar-refractivity contribution is 6.30. The number of nitrogens with two attached hydrogens (primary N) is 1. The Morgan fingerprint density at radius 2 is 1.97 bits per heavy atom. The molecule has 31 heavy (non-hydrogen) atoms. The molecule has 1 aliphatic carbocycles. The maximum Gasteiger partial charge on any atom is 0.248 e. The molecule has 6 nitrogen and oxygen atoms in total. The molecule has 1 heterocycles. The van der Waals surface area contributed by atoms with E-state index in [0.29, 0.717) is 10.6 Å². The molecule has 2 aliphatic rings. The van der Waals surface area contributed by atoms with Crippen LogP contribution in [-0.2, 0) is 4.79 Å². The quantitative estimate of drug-likeness (QED) is 0.686. The van der Waals surface area contributed by atoms with Crippen molar-refractivity contribution in [2.45, 2.75) is 50.3 Å². The normalized spacial score (nSPS) is 21.2. The standard InChI is InChI=1S/C24H28ClN3O3/c1-16(17-6-8-18(9-7-17)22(26)29)27-23(30)24(11-3-12-24)28-13-10-21(15-28)31-20-5-2-4-19(25)14-20/h2,4-9,14,16,21H,3,10-13,15H2,1H3,(H2,26,29)(H,27,30)/t16-,21+/m0/s1. The molecule has 1 aliphatic heterocycles. The monoisotopic (exact) mass is 441 g/mol. The molecule has 0 aromatic heterocycles. The number of nitrogens with one attached hydrogen (secondary N) is 1. The van der Waals surface area contributed by atoms with Crippen molar-refractivity contribution in [1.82, 2.24) is 10.2 Å². The van der Waals surface area contributed by atoms with Gasteiger partial charge in [-0.25, -0.2) is 0 Å². The van der Waals surface area contributed by atoms with Gasteiger partial charge in [0.15, 0.2) is 0 Å². The van der Waals surface area contributed by atoms with Gasteiger partial charge in [-0.1, -0.05) is 29.8 Å². The third kappa shape index (κ3) is 4.55. The van der Waals surface area contributed by atoms with Crippen molar-refractivity contribution in [2.24, 2.45) is 5.73 Å². The first kappa shape index (κ1) is 21.7. The summed E-state index contributed by atoms with van der Waals surface area (Å²) in [6.07, 6.45) is 3.69. The molecule has 7 heteroatoms. The average molecular weight is 442 g/mol. The van der Waals surface area contributed by atoms with Crippen molar-refractivity contribution in [3.8, 4) is 5.75 Å². The van der Waals surface area contributed by atoms with Crippen LogP contribution in [0.1, 0.15) is 54.6 Å². The lowest BCUT2D eigenvalue weighted by atomic mass is 9.74. The molecule has 0 bridgehead atoms. The van der Waals surface area contributed by atoms with Gasteiger partial charge in [-0.3, -0.25) is 14.5 Å². The van der Waals surface area contributed by atoms with Gasteiger partial charge in [-0.2, -0.15) is 0 Å². The van der Waals surface area contributed by atoms with Gasteiger partial charge >= 0.3 is 0 Å². The largest absolute Gasteiger partial charge is 0.489 e. The molecule has 0 spiro atoms. The number of carbonyl (C=O) groups is 2. The predicted octanol–water partition coefficient (Wildman–Crippen LogP) is 3.69. The summed E-state index contributed by atoms with van der Waals surface area (Å²) in [4.78, 5) is 26.9. The fourth-order valence-corrected chi connectivity index (χ4v) is 4.68. The third-order valence-corrected chi connectivity index (χ3v) is 6.73. The highest BCUT2D eigenvalue weighted by Gasteiger charge is 2.51. The van der Waals surface area contributed by atoms with Crippen molar-refractivity contribution in [3.63, 3.8) is 0 Å². The molecule has 3 N–H and O–H groups in total. The van der Waals surface area contributed by atoms with Crippen LogP contribution < -0.4 is 15.8 Å². The van der Waals surface area contributed by atoms with Crippen LogP contribution in [0.15, 0.2) is 48.5 Å². The van der Waals surface area contributed by atoms with E-state index >= 15 is 0 Å². The molecule has 2 amide bonds. The Hall–Kier alpha value is -2.57. The molecule has 164 valence electrons. The molecule has 2 aromatic carbocycles. The van der Waals surface area contributed by atoms with Crippen LogP contribution in [0.25, 0.3) is 0 Å². The molecule has 1 saturated heterocycles. The van der Waals surface area contributed by atoms with E-state index in [1.165, 1.54) is 0 Å². The summed E-state index contributed by atoms with van der Waals surface area (Å²) in [6, 6.07) is 14.3. The number of likely N-dealkylation sites (tertiary alicyclic amines) is 1. The lowest BCUT2D eigenvalue weighted by Gasteiger charge is -2.47. The summed E-state index contributed by atoms with van der Waals surface area (Å²) < 4.78 is 6.12. The van der Waals surface area contributed by atoms with E-state index in [-0.39, 0.29) is 18.1 Å². The first-order chi connectivity index (χ1) is 14.9. The number of primary amides is 1. The number of hydrogen-bond donors (Lipinski definition) is 2. The maximum absolute atomic E-state index is 13.3. The van der Waals surface area contributed by atoms with Gasteiger partial charge in [0, 0.05) is 23.7 Å². The lowest BCUT2D eigenvalue weighted by Crippen LogP contribution is -2.62. The van der Waals surface area contributed by atoms with Gasteiger partial charge in [0.1, 0.15) is 17.4 Å². The average Bonchev–Trinajstić information content (AvgIpc) is 3.15. The van der Waals surface area contributed by atoms with Crippen molar-refractivity contribution in [2.75, 3.05) is 13.1 Å². The van der Waals surface area contributed by atoms with E-state index < -0.39 is 11.4 Å². The molecule has 2 atom stereocenters. The zero-order valence-corrected chi connectivity index (χ0v) is 18.4. The zero-order valence-electron chi connectivity index (χ0n) is 17.6. The fourth-order valence-electron chi connectivity index (χ4n) is 4.49. The van der Waals surface area contributed by atoms with Gasteiger partial charge in [0.05, 0.1) is 6.04 Å². The fraction of sp³-hybridized carbons (Fsp3) is 0.417. The van der Waals surface area contributed by atoms with Crippen LogP contribution in [0.5, 0.6) is 5.75 Å². The van der Waals surface area contributed by atoms with Crippen LogP contribution in [0.2, 0.25) is 5.02 Å². The van der Waals surface area contributed by atoms with E-state index in [4.69, 9.17) is 22.1 Å². The van der Waals surface area contributed by atoms with Gasteiger partial charge in [0.25, 0.3) is 0 Å². The minimum Gasteiger partial charge on any atom is -0.489 e. The Bertz CT molecular complexity index is 959. The van der Waals surface area contributed by atoms with Crippen molar-refractivity contribution < 1.29 is 14.3 Å². The smallest absolute Gasteiger partial charge is 0.248 e. The van der Waals surface area contributed by atoms with Gasteiger partial charge in [-0.15, -0.1) is 0 Å². The molecule has 1 saturated carbocycles. The number of rotatable bonds is 7. The number of amides is 2. The number of nitrogens with zero attached hydrogens (tertiary/aromatic N) is 1. The first-order valence-electron chi connectivity index (χ1n) is 10.8. The zero-order chi connectivity index (χ0) is 22.0. The van der Waals surface area contributed by atoms with Crippen LogP contribution >= 0.6 is 11.6 Å². The maximum atomic E-state index is 13.3. The van der Waals surface area contributed by atoms with E-state index in [2.05, 4.69) is 10.2 Å². The number of benzene rings is 2. The second-order valence-corrected chi connectivity index (χ2v) is 8.93. The topological polar surface area (TPSA) is 84.7 Å². The lowest BCUT2D eigenvalue weighted by molar-refractivity contribution is -0.139. The number of hydrogen-bond acceptors (Lipinski definition) is 4. The van der Waals surface area contributed by atoms with E-state index in [0.717, 1.165) is 50.1 Å². The Labute approximate surface area is 187 Å². The molecule has 4 rings (SSSR count). The van der Waals surface area contributed by atoms with Crippen molar-refractivity contribution in [3.05, 3.63) is 64.7 Å². The van der Waals surface area contributed by atoms with Crippen molar-refractivity contribution >= 4 is 23.4 Å². The summed E-state index contributed by atoms with van der Waals surface area (Å²) in [7, 11) is 0. The first-order valence-corrected chi connectivity index (χ1v) is 11.1. The minimum atomic E-state index is -0.464. The Morgan fingerprint density at radius 3 is 2.58 bits per heavy atom. The van der Waals surface area contributed by atoms with E-state index in [1.54, 1.807) is 12.1 Å². The molecule has 0 radical (unpaired) electrons. The molecule has 2 fully saturated rings. The number of carbonyl (C=O) groups excluding carboxylic acids is 2. The SMILES string of the molecule is C[C@H](NC(=O)C1(N2CC[C@@H](Oc3cccc(Cl)c3)C2)CCC1)c1ccc(C(N)=O)cc1. The van der Waals surface area contributed by atoms with Crippen LogP contribution in [-0.4, -0.2) is 41.4 Å². The summed E-state index contributed by atoms with van der Waals surface area (Å²) in [6.45, 7) is 3.51. The number of halogens is 1. The molecule has 0 unspecified atom stereocenters. The summed E-state index contributed by atoms with van der Waals surface area (Å²) in [5.41, 5.74) is 6.24. The van der Waals surface area contributed by atoms with E-state index in [9.17, 15) is 9.59 Å². The third-order valence-electron chi connectivity index (χ3n) is 6.50. The summed E-state index contributed by atoms with van der Waals surface area (Å²) in [5, 5.41) is 3.83. The van der Waals surface area contributed by atoms with Gasteiger partial charge in [-0.05, 0) is 68.5 Å². The highest BCUT2D eigenvalue weighted by atomic mass is 35.5.